The Morgan fingerprint density at radius 2 is 1.22 bits per heavy atom. The molecule has 0 spiro atoms. The molecule has 0 radical (unpaired) electrons. The molecule has 0 heterocycles. The summed E-state index contributed by atoms with van der Waals surface area (Å²) in [5.41, 5.74) is 2.21. The van der Waals surface area contributed by atoms with Crippen LogP contribution in [0.5, 0.6) is 11.5 Å². The molecular weight excluding hydrogens is 540 g/mol. The van der Waals surface area contributed by atoms with Crippen LogP contribution in [0.15, 0.2) is 45.3 Å². The summed E-state index contributed by atoms with van der Waals surface area (Å²) in [4.78, 5) is 25.0. The number of benzene rings is 2. The van der Waals surface area contributed by atoms with Gasteiger partial charge in [0.25, 0.3) is 11.8 Å². The minimum atomic E-state index is -0.205. The standard InChI is InChI=1S/C24H28Br2N2O4/c1-15-7-9-21(17(25)11-15)31-13-23(29)27-19-5-3-4-6-20(19)28-24(30)14-32-22-10-8-16(2)12-18(22)26/h7-12,19-20H,3-6,13-14H2,1-2H3,(H,27,29)(H,28,30)/t19-,20-/m0/s1. The van der Waals surface area contributed by atoms with Crippen LogP contribution in [0.3, 0.4) is 0 Å². The van der Waals surface area contributed by atoms with Gasteiger partial charge in [-0.2, -0.15) is 0 Å². The molecule has 8 heteroatoms. The number of nitrogens with one attached hydrogen (secondary N) is 2. The van der Waals surface area contributed by atoms with Gasteiger partial charge in [-0.1, -0.05) is 25.0 Å². The lowest BCUT2D eigenvalue weighted by Gasteiger charge is -2.32. The number of aryl methyl sites for hydroxylation is 2. The second-order valence-electron chi connectivity index (χ2n) is 8.08. The number of rotatable bonds is 8. The van der Waals surface area contributed by atoms with Crippen molar-refractivity contribution in [2.75, 3.05) is 13.2 Å². The van der Waals surface area contributed by atoms with Crippen LogP contribution in [0.2, 0.25) is 0 Å². The Kier molecular flexibility index (Phi) is 8.99. The Balaban J connectivity index is 1.48. The summed E-state index contributed by atoms with van der Waals surface area (Å²) in [5.74, 6) is 0.837. The summed E-state index contributed by atoms with van der Waals surface area (Å²) in [5, 5.41) is 6.04. The van der Waals surface area contributed by atoms with E-state index in [9.17, 15) is 9.59 Å². The SMILES string of the molecule is Cc1ccc(OCC(=O)N[C@H]2CCCC[C@@H]2NC(=O)COc2ccc(C)cc2Br)c(Br)c1. The molecule has 2 N–H and O–H groups in total. The van der Waals surface area contributed by atoms with Crippen LogP contribution in [0.4, 0.5) is 0 Å². The van der Waals surface area contributed by atoms with Crippen molar-refractivity contribution in [1.82, 2.24) is 10.6 Å². The molecule has 0 aromatic heterocycles. The Bertz CT molecular complexity index is 890. The highest BCUT2D eigenvalue weighted by Crippen LogP contribution is 2.26. The molecule has 2 aromatic carbocycles. The molecule has 2 aromatic rings. The normalized spacial score (nSPS) is 18.0. The van der Waals surface area contributed by atoms with Crippen molar-refractivity contribution in [1.29, 1.82) is 0 Å². The van der Waals surface area contributed by atoms with E-state index in [1.807, 2.05) is 50.2 Å². The zero-order valence-electron chi connectivity index (χ0n) is 18.3. The van der Waals surface area contributed by atoms with E-state index >= 15 is 0 Å². The van der Waals surface area contributed by atoms with E-state index in [1.165, 1.54) is 0 Å². The molecule has 1 fully saturated rings. The highest BCUT2D eigenvalue weighted by atomic mass is 79.9. The second-order valence-corrected chi connectivity index (χ2v) is 9.79. The zero-order chi connectivity index (χ0) is 23.1. The van der Waals surface area contributed by atoms with Gasteiger partial charge in [0.1, 0.15) is 11.5 Å². The second kappa shape index (κ2) is 11.7. The molecule has 0 unspecified atom stereocenters. The van der Waals surface area contributed by atoms with Crippen molar-refractivity contribution in [2.45, 2.75) is 51.6 Å². The van der Waals surface area contributed by atoms with Crippen LogP contribution in [0, 0.1) is 13.8 Å². The van der Waals surface area contributed by atoms with E-state index < -0.39 is 0 Å². The van der Waals surface area contributed by atoms with Crippen molar-refractivity contribution in [2.24, 2.45) is 0 Å². The van der Waals surface area contributed by atoms with E-state index in [0.29, 0.717) is 11.5 Å². The van der Waals surface area contributed by atoms with Gasteiger partial charge >= 0.3 is 0 Å². The molecule has 172 valence electrons. The van der Waals surface area contributed by atoms with Gasteiger partial charge in [-0.25, -0.2) is 0 Å². The number of halogens is 2. The van der Waals surface area contributed by atoms with Gasteiger partial charge in [0, 0.05) is 12.1 Å². The number of ether oxygens (including phenoxy) is 2. The third-order valence-corrected chi connectivity index (χ3v) is 6.59. The molecule has 0 bridgehead atoms. The predicted molar refractivity (Wildman–Crippen MR) is 131 cm³/mol. The Morgan fingerprint density at radius 3 is 1.59 bits per heavy atom. The molecule has 0 saturated heterocycles. The van der Waals surface area contributed by atoms with Crippen LogP contribution < -0.4 is 20.1 Å². The van der Waals surface area contributed by atoms with Crippen LogP contribution in [-0.2, 0) is 9.59 Å². The summed E-state index contributed by atoms with van der Waals surface area (Å²) in [6.45, 7) is 3.82. The summed E-state index contributed by atoms with van der Waals surface area (Å²) in [7, 11) is 0. The van der Waals surface area contributed by atoms with Crippen molar-refractivity contribution in [3.05, 3.63) is 56.5 Å². The first-order chi connectivity index (χ1) is 15.3. The molecule has 1 aliphatic rings. The van der Waals surface area contributed by atoms with Crippen molar-refractivity contribution < 1.29 is 19.1 Å². The molecule has 2 atom stereocenters. The summed E-state index contributed by atoms with van der Waals surface area (Å²) >= 11 is 6.91. The molecule has 1 aliphatic carbocycles. The first-order valence-corrected chi connectivity index (χ1v) is 12.3. The van der Waals surface area contributed by atoms with Gasteiger partial charge in [0.2, 0.25) is 0 Å². The lowest BCUT2D eigenvalue weighted by Crippen LogP contribution is -2.54. The topological polar surface area (TPSA) is 76.7 Å². The Morgan fingerprint density at radius 1 is 0.812 bits per heavy atom. The van der Waals surface area contributed by atoms with E-state index in [1.54, 1.807) is 0 Å². The predicted octanol–water partition coefficient (Wildman–Crippen LogP) is 4.83. The molecule has 3 rings (SSSR count). The summed E-state index contributed by atoms with van der Waals surface area (Å²) in [6, 6.07) is 11.2. The first kappa shape index (κ1) is 24.6. The third-order valence-electron chi connectivity index (χ3n) is 5.35. The maximum atomic E-state index is 12.5. The molecule has 32 heavy (non-hydrogen) atoms. The fourth-order valence-corrected chi connectivity index (χ4v) is 4.92. The van der Waals surface area contributed by atoms with Crippen molar-refractivity contribution >= 4 is 43.7 Å². The summed E-state index contributed by atoms with van der Waals surface area (Å²) < 4.78 is 12.9. The first-order valence-electron chi connectivity index (χ1n) is 10.7. The maximum Gasteiger partial charge on any atom is 0.258 e. The number of carbonyl (C=O) groups is 2. The fraction of sp³-hybridized carbons (Fsp3) is 0.417. The van der Waals surface area contributed by atoms with Crippen LogP contribution in [-0.4, -0.2) is 37.1 Å². The number of hydrogen-bond acceptors (Lipinski definition) is 4. The van der Waals surface area contributed by atoms with E-state index in [-0.39, 0.29) is 37.1 Å². The largest absolute Gasteiger partial charge is 0.483 e. The smallest absolute Gasteiger partial charge is 0.258 e. The number of hydrogen-bond donors (Lipinski definition) is 2. The van der Waals surface area contributed by atoms with Gasteiger partial charge < -0.3 is 20.1 Å². The average molecular weight is 568 g/mol. The van der Waals surface area contributed by atoms with Crippen molar-refractivity contribution in [3.63, 3.8) is 0 Å². The van der Waals surface area contributed by atoms with Crippen LogP contribution >= 0.6 is 31.9 Å². The fourth-order valence-electron chi connectivity index (χ4n) is 3.71. The molecule has 2 amide bonds. The van der Waals surface area contributed by atoms with Gasteiger partial charge in [0.05, 0.1) is 8.95 Å². The average Bonchev–Trinajstić information content (AvgIpc) is 2.74. The van der Waals surface area contributed by atoms with E-state index in [4.69, 9.17) is 9.47 Å². The lowest BCUT2D eigenvalue weighted by atomic mass is 9.90. The van der Waals surface area contributed by atoms with Gasteiger partial charge in [0.15, 0.2) is 13.2 Å². The zero-order valence-corrected chi connectivity index (χ0v) is 21.4. The monoisotopic (exact) mass is 566 g/mol. The highest BCUT2D eigenvalue weighted by molar-refractivity contribution is 9.10. The van der Waals surface area contributed by atoms with Crippen LogP contribution in [0.1, 0.15) is 36.8 Å². The molecule has 0 aliphatic heterocycles. The molecule has 6 nitrogen and oxygen atoms in total. The molecule has 1 saturated carbocycles. The Hall–Kier alpha value is -2.06. The maximum absolute atomic E-state index is 12.5. The van der Waals surface area contributed by atoms with Gasteiger partial charge in [-0.3, -0.25) is 9.59 Å². The van der Waals surface area contributed by atoms with Gasteiger partial charge in [-0.05, 0) is 93.9 Å². The van der Waals surface area contributed by atoms with E-state index in [2.05, 4.69) is 42.5 Å². The minimum absolute atomic E-state index is 0.0800. The Labute approximate surface area is 205 Å². The van der Waals surface area contributed by atoms with Crippen LogP contribution in [0.25, 0.3) is 0 Å². The third kappa shape index (κ3) is 7.24. The van der Waals surface area contributed by atoms with E-state index in [0.717, 1.165) is 45.8 Å². The number of amides is 2. The number of carbonyl (C=O) groups excluding carboxylic acids is 2. The van der Waals surface area contributed by atoms with Gasteiger partial charge in [-0.15, -0.1) is 0 Å². The quantitative estimate of drug-likeness (QED) is 0.479. The minimum Gasteiger partial charge on any atom is -0.483 e. The highest BCUT2D eigenvalue weighted by Gasteiger charge is 2.28. The van der Waals surface area contributed by atoms with Crippen molar-refractivity contribution in [3.8, 4) is 11.5 Å². The molecular formula is C24H28Br2N2O4. The summed E-state index contributed by atoms with van der Waals surface area (Å²) in [6.07, 6.45) is 3.65. The lowest BCUT2D eigenvalue weighted by molar-refractivity contribution is -0.127.